The number of carbonyl (C=O) groups excluding carboxylic acids is 1. The smallest absolute Gasteiger partial charge is 0.220 e. The van der Waals surface area contributed by atoms with E-state index in [0.717, 1.165) is 50.2 Å². The Morgan fingerprint density at radius 3 is 2.56 bits per heavy atom. The number of rotatable bonds is 10. The number of ether oxygens (including phenoxy) is 1. The van der Waals surface area contributed by atoms with Gasteiger partial charge in [0.1, 0.15) is 12.4 Å². The molecule has 140 valence electrons. The van der Waals surface area contributed by atoms with E-state index in [4.69, 9.17) is 10.5 Å². The fraction of sp³-hybridized carbons (Fsp3) is 0.650. The van der Waals surface area contributed by atoms with Gasteiger partial charge in [0.15, 0.2) is 0 Å². The average molecular weight is 348 g/mol. The molecule has 1 amide bonds. The molecule has 0 bridgehead atoms. The second kappa shape index (κ2) is 10.4. The summed E-state index contributed by atoms with van der Waals surface area (Å²) < 4.78 is 5.78. The van der Waals surface area contributed by atoms with Crippen molar-refractivity contribution >= 4 is 5.91 Å². The molecule has 5 heteroatoms. The number of nitrogens with zero attached hydrogens (tertiary/aromatic N) is 1. The molecule has 2 atom stereocenters. The van der Waals surface area contributed by atoms with Gasteiger partial charge in [-0.2, -0.15) is 0 Å². The van der Waals surface area contributed by atoms with E-state index in [1.54, 1.807) is 0 Å². The molecule has 1 saturated carbocycles. The minimum atomic E-state index is 0.0990. The summed E-state index contributed by atoms with van der Waals surface area (Å²) in [6, 6.07) is 8.15. The van der Waals surface area contributed by atoms with Crippen LogP contribution in [-0.2, 0) is 11.3 Å². The van der Waals surface area contributed by atoms with Crippen molar-refractivity contribution in [2.45, 2.75) is 52.1 Å². The summed E-state index contributed by atoms with van der Waals surface area (Å²) in [6.45, 7) is 8.60. The molecule has 25 heavy (non-hydrogen) atoms. The molecule has 3 N–H and O–H groups in total. The van der Waals surface area contributed by atoms with Crippen molar-refractivity contribution in [2.75, 3.05) is 26.2 Å². The topological polar surface area (TPSA) is 67.6 Å². The highest BCUT2D eigenvalue weighted by Crippen LogP contribution is 2.26. The van der Waals surface area contributed by atoms with Crippen LogP contribution in [0.1, 0.15) is 45.1 Å². The third kappa shape index (κ3) is 6.67. The fourth-order valence-corrected chi connectivity index (χ4v) is 3.37. The van der Waals surface area contributed by atoms with Crippen LogP contribution in [-0.4, -0.2) is 43.1 Å². The van der Waals surface area contributed by atoms with E-state index in [0.29, 0.717) is 25.5 Å². The van der Waals surface area contributed by atoms with Crippen molar-refractivity contribution in [2.24, 2.45) is 11.7 Å². The van der Waals surface area contributed by atoms with Gasteiger partial charge < -0.3 is 20.7 Å². The SMILES string of the molecule is CCN(CC)CCOc1ccc(CNC(=O)C[C@@H]2CCC[C@H]2N)cc1. The molecule has 0 saturated heterocycles. The molecule has 0 aliphatic heterocycles. The van der Waals surface area contributed by atoms with Crippen molar-refractivity contribution in [3.8, 4) is 5.75 Å². The third-order valence-electron chi connectivity index (χ3n) is 5.15. The van der Waals surface area contributed by atoms with E-state index in [1.165, 1.54) is 0 Å². The van der Waals surface area contributed by atoms with Gasteiger partial charge in [-0.3, -0.25) is 4.79 Å². The van der Waals surface area contributed by atoms with Crippen LogP contribution in [0.3, 0.4) is 0 Å². The first-order chi connectivity index (χ1) is 12.1. The van der Waals surface area contributed by atoms with Crippen molar-refractivity contribution in [3.63, 3.8) is 0 Å². The summed E-state index contributed by atoms with van der Waals surface area (Å²) in [6.07, 6.45) is 3.82. The van der Waals surface area contributed by atoms with E-state index in [9.17, 15) is 4.79 Å². The molecule has 0 aromatic heterocycles. The van der Waals surface area contributed by atoms with Crippen LogP contribution in [0.5, 0.6) is 5.75 Å². The molecule has 1 aromatic carbocycles. The van der Waals surface area contributed by atoms with Crippen molar-refractivity contribution in [1.29, 1.82) is 0 Å². The van der Waals surface area contributed by atoms with Gasteiger partial charge >= 0.3 is 0 Å². The number of benzene rings is 1. The molecule has 0 radical (unpaired) electrons. The summed E-state index contributed by atoms with van der Waals surface area (Å²) in [7, 11) is 0. The lowest BCUT2D eigenvalue weighted by Gasteiger charge is -2.18. The Balaban J connectivity index is 1.68. The highest BCUT2D eigenvalue weighted by atomic mass is 16.5. The van der Waals surface area contributed by atoms with Crippen LogP contribution >= 0.6 is 0 Å². The molecule has 1 fully saturated rings. The van der Waals surface area contributed by atoms with Crippen LogP contribution in [0.2, 0.25) is 0 Å². The normalized spacial score (nSPS) is 20.0. The zero-order valence-electron chi connectivity index (χ0n) is 15.7. The van der Waals surface area contributed by atoms with Crippen molar-refractivity contribution in [1.82, 2.24) is 10.2 Å². The summed E-state index contributed by atoms with van der Waals surface area (Å²) >= 11 is 0. The number of amides is 1. The monoisotopic (exact) mass is 347 g/mol. The standard InChI is InChI=1S/C20H33N3O2/c1-3-23(4-2)12-13-25-18-10-8-16(9-11-18)15-22-20(24)14-17-6-5-7-19(17)21/h8-11,17,19H,3-7,12-15,21H2,1-2H3,(H,22,24)/t17-,19+/m0/s1. The molecule has 2 rings (SSSR count). The van der Waals surface area contributed by atoms with Crippen LogP contribution in [0.4, 0.5) is 0 Å². The number of nitrogens with two attached hydrogens (primary N) is 1. The number of hydrogen-bond donors (Lipinski definition) is 2. The molecule has 0 unspecified atom stereocenters. The van der Waals surface area contributed by atoms with Gasteiger partial charge in [-0.25, -0.2) is 0 Å². The first-order valence-electron chi connectivity index (χ1n) is 9.58. The largest absolute Gasteiger partial charge is 0.492 e. The van der Waals surface area contributed by atoms with E-state index in [2.05, 4.69) is 24.1 Å². The fourth-order valence-electron chi connectivity index (χ4n) is 3.37. The Morgan fingerprint density at radius 1 is 1.24 bits per heavy atom. The highest BCUT2D eigenvalue weighted by Gasteiger charge is 2.25. The lowest BCUT2D eigenvalue weighted by atomic mass is 10.00. The summed E-state index contributed by atoms with van der Waals surface area (Å²) in [4.78, 5) is 14.4. The minimum absolute atomic E-state index is 0.0990. The van der Waals surface area contributed by atoms with E-state index in [-0.39, 0.29) is 11.9 Å². The van der Waals surface area contributed by atoms with Gasteiger partial charge in [-0.05, 0) is 49.5 Å². The van der Waals surface area contributed by atoms with Gasteiger partial charge in [-0.15, -0.1) is 0 Å². The lowest BCUT2D eigenvalue weighted by molar-refractivity contribution is -0.122. The highest BCUT2D eigenvalue weighted by molar-refractivity contribution is 5.76. The molecule has 5 nitrogen and oxygen atoms in total. The van der Waals surface area contributed by atoms with Gasteiger partial charge in [-0.1, -0.05) is 32.4 Å². The maximum atomic E-state index is 12.1. The summed E-state index contributed by atoms with van der Waals surface area (Å²) in [5.41, 5.74) is 7.11. The van der Waals surface area contributed by atoms with Gasteiger partial charge in [0, 0.05) is 25.6 Å². The van der Waals surface area contributed by atoms with Crippen LogP contribution in [0, 0.1) is 5.92 Å². The van der Waals surface area contributed by atoms with Gasteiger partial charge in [0.25, 0.3) is 0 Å². The molecule has 1 aliphatic rings. The lowest BCUT2D eigenvalue weighted by Crippen LogP contribution is -2.31. The van der Waals surface area contributed by atoms with Crippen LogP contribution in [0.25, 0.3) is 0 Å². The Morgan fingerprint density at radius 2 is 1.96 bits per heavy atom. The molecule has 0 heterocycles. The number of hydrogen-bond acceptors (Lipinski definition) is 4. The third-order valence-corrected chi connectivity index (χ3v) is 5.15. The van der Waals surface area contributed by atoms with Gasteiger partial charge in [0.05, 0.1) is 0 Å². The quantitative estimate of drug-likeness (QED) is 0.682. The van der Waals surface area contributed by atoms with E-state index >= 15 is 0 Å². The van der Waals surface area contributed by atoms with Crippen molar-refractivity contribution in [3.05, 3.63) is 29.8 Å². The first-order valence-corrected chi connectivity index (χ1v) is 9.58. The molecule has 1 aromatic rings. The van der Waals surface area contributed by atoms with Gasteiger partial charge in [0.2, 0.25) is 5.91 Å². The minimum Gasteiger partial charge on any atom is -0.492 e. The van der Waals surface area contributed by atoms with E-state index < -0.39 is 0 Å². The Bertz CT molecular complexity index is 514. The second-order valence-corrected chi connectivity index (χ2v) is 6.85. The predicted octanol–water partition coefficient (Wildman–Crippen LogP) is 2.54. The Hall–Kier alpha value is -1.59. The Kier molecular flexibility index (Phi) is 8.22. The number of carbonyl (C=O) groups is 1. The summed E-state index contributed by atoms with van der Waals surface area (Å²) in [5, 5.41) is 3.00. The zero-order valence-corrected chi connectivity index (χ0v) is 15.7. The Labute approximate surface area is 151 Å². The van der Waals surface area contributed by atoms with E-state index in [1.807, 2.05) is 24.3 Å². The predicted molar refractivity (Wildman–Crippen MR) is 102 cm³/mol. The second-order valence-electron chi connectivity index (χ2n) is 6.85. The summed E-state index contributed by atoms with van der Waals surface area (Å²) in [5.74, 6) is 1.32. The number of likely N-dealkylation sites (N-methyl/N-ethyl adjacent to an activating group) is 1. The van der Waals surface area contributed by atoms with Crippen LogP contribution < -0.4 is 15.8 Å². The maximum Gasteiger partial charge on any atom is 0.220 e. The van der Waals surface area contributed by atoms with Crippen molar-refractivity contribution < 1.29 is 9.53 Å². The first kappa shape index (κ1) is 19.7. The molecule has 0 spiro atoms. The molecule has 1 aliphatic carbocycles. The number of nitrogens with one attached hydrogen (secondary N) is 1. The van der Waals surface area contributed by atoms with Crippen LogP contribution in [0.15, 0.2) is 24.3 Å². The molecular formula is C20H33N3O2. The molecular weight excluding hydrogens is 314 g/mol. The zero-order chi connectivity index (χ0) is 18.1. The maximum absolute atomic E-state index is 12.1. The average Bonchev–Trinajstić information content (AvgIpc) is 3.03.